The molecule has 1 amide bonds. The van der Waals surface area contributed by atoms with Gasteiger partial charge in [0, 0.05) is 19.4 Å². The molecule has 0 saturated carbocycles. The Morgan fingerprint density at radius 2 is 1.67 bits per heavy atom. The molecule has 0 radical (unpaired) electrons. The van der Waals surface area contributed by atoms with E-state index in [1.54, 1.807) is 11.8 Å². The number of carbonyl (C=O) groups is 2. The number of hydrogen-bond acceptors (Lipinski definition) is 2. The molecule has 0 saturated heterocycles. The Kier molecular flexibility index (Phi) is 5.34. The van der Waals surface area contributed by atoms with Gasteiger partial charge in [0.2, 0.25) is 5.91 Å². The quantitative estimate of drug-likeness (QED) is 0.623. The van der Waals surface area contributed by atoms with Crippen LogP contribution in [-0.2, 0) is 9.59 Å². The highest BCUT2D eigenvalue weighted by Crippen LogP contribution is 1.95. The van der Waals surface area contributed by atoms with E-state index in [1.165, 1.54) is 0 Å². The predicted octanol–water partition coefficient (Wildman–Crippen LogP) is 1.22. The number of likely N-dealkylation sites (N-methyl/N-ethyl adjacent to an activating group) is 1. The van der Waals surface area contributed by atoms with Crippen LogP contribution in [0.3, 0.4) is 0 Å². The van der Waals surface area contributed by atoms with Crippen LogP contribution in [0.1, 0.15) is 33.6 Å². The molecular weight excluding hydrogens is 154 g/mol. The molecule has 0 heterocycles. The molecule has 0 atom stereocenters. The molecule has 0 N–H and O–H groups in total. The van der Waals surface area contributed by atoms with Gasteiger partial charge in [0.15, 0.2) is 5.78 Å². The second kappa shape index (κ2) is 5.75. The Morgan fingerprint density at radius 3 is 2.00 bits per heavy atom. The lowest BCUT2D eigenvalue weighted by Gasteiger charge is -2.18. The van der Waals surface area contributed by atoms with Crippen LogP contribution in [-0.4, -0.2) is 29.7 Å². The van der Waals surface area contributed by atoms with Crippen LogP contribution >= 0.6 is 0 Å². The summed E-state index contributed by atoms with van der Waals surface area (Å²) in [5.74, 6) is 0.179. The van der Waals surface area contributed by atoms with Crippen LogP contribution in [0.15, 0.2) is 0 Å². The van der Waals surface area contributed by atoms with Crippen molar-refractivity contribution in [3.05, 3.63) is 0 Å². The fraction of sp³-hybridized carbons (Fsp3) is 0.778. The maximum absolute atomic E-state index is 11.2. The number of nitrogens with zero attached hydrogens (tertiary/aromatic N) is 1. The molecule has 0 unspecified atom stereocenters. The monoisotopic (exact) mass is 171 g/mol. The number of hydrogen-bond donors (Lipinski definition) is 0. The zero-order valence-electron chi connectivity index (χ0n) is 8.09. The fourth-order valence-corrected chi connectivity index (χ4v) is 0.925. The minimum Gasteiger partial charge on any atom is -0.336 e. The summed E-state index contributed by atoms with van der Waals surface area (Å²) in [6.07, 6.45) is 0.984. The fourth-order valence-electron chi connectivity index (χ4n) is 0.925. The minimum atomic E-state index is 0.0549. The van der Waals surface area contributed by atoms with Crippen LogP contribution in [0.2, 0.25) is 0 Å². The van der Waals surface area contributed by atoms with Crippen molar-refractivity contribution in [3.8, 4) is 0 Å². The molecule has 70 valence electrons. The van der Waals surface area contributed by atoms with Crippen molar-refractivity contribution >= 4 is 11.7 Å². The summed E-state index contributed by atoms with van der Waals surface area (Å²) >= 11 is 0. The lowest BCUT2D eigenvalue weighted by Crippen LogP contribution is -2.34. The first-order valence-corrected chi connectivity index (χ1v) is 4.45. The first kappa shape index (κ1) is 11.1. The molecule has 0 bridgehead atoms. The molecule has 0 aromatic rings. The van der Waals surface area contributed by atoms with E-state index in [-0.39, 0.29) is 18.2 Å². The molecule has 0 aromatic heterocycles. The molecule has 0 aliphatic rings. The van der Waals surface area contributed by atoms with E-state index < -0.39 is 0 Å². The molecule has 0 aliphatic heterocycles. The van der Waals surface area contributed by atoms with Crippen molar-refractivity contribution in [3.63, 3.8) is 0 Å². The highest BCUT2D eigenvalue weighted by Gasteiger charge is 2.11. The molecule has 0 aliphatic carbocycles. The summed E-state index contributed by atoms with van der Waals surface area (Å²) in [6.45, 7) is 6.41. The van der Waals surface area contributed by atoms with E-state index in [1.807, 2.05) is 13.8 Å². The topological polar surface area (TPSA) is 37.4 Å². The molecule has 12 heavy (non-hydrogen) atoms. The van der Waals surface area contributed by atoms with Gasteiger partial charge in [-0.1, -0.05) is 13.8 Å². The summed E-state index contributed by atoms with van der Waals surface area (Å²) in [7, 11) is 0. The van der Waals surface area contributed by atoms with Gasteiger partial charge in [-0.3, -0.25) is 9.59 Å². The van der Waals surface area contributed by atoms with E-state index in [4.69, 9.17) is 0 Å². The van der Waals surface area contributed by atoms with Crippen molar-refractivity contribution in [1.29, 1.82) is 0 Å². The van der Waals surface area contributed by atoms with Crippen LogP contribution in [0.5, 0.6) is 0 Å². The largest absolute Gasteiger partial charge is 0.336 e. The van der Waals surface area contributed by atoms with Gasteiger partial charge in [0.1, 0.15) is 0 Å². The number of ketones is 1. The highest BCUT2D eigenvalue weighted by molar-refractivity contribution is 5.85. The average Bonchev–Trinajstić information content (AvgIpc) is 2.12. The lowest BCUT2D eigenvalue weighted by molar-refractivity contribution is -0.134. The smallest absolute Gasteiger partial charge is 0.222 e. The molecule has 0 aromatic carbocycles. The maximum atomic E-state index is 11.2. The van der Waals surface area contributed by atoms with Gasteiger partial charge >= 0.3 is 0 Å². The molecule has 0 spiro atoms. The molecule has 3 heteroatoms. The standard InChI is InChI=1S/C9H17NO2/c1-4-8(11)7-10(6-3)9(12)5-2/h4-7H2,1-3H3. The van der Waals surface area contributed by atoms with Gasteiger partial charge < -0.3 is 4.90 Å². The molecule has 0 rings (SSSR count). The third-order valence-corrected chi connectivity index (χ3v) is 1.80. The van der Waals surface area contributed by atoms with E-state index in [0.717, 1.165) is 0 Å². The summed E-state index contributed by atoms with van der Waals surface area (Å²) in [5.41, 5.74) is 0. The second-order valence-electron chi connectivity index (χ2n) is 2.65. The SMILES string of the molecule is CCC(=O)CN(CC)C(=O)CC. The summed E-state index contributed by atoms with van der Waals surface area (Å²) < 4.78 is 0. The summed E-state index contributed by atoms with van der Waals surface area (Å²) in [5, 5.41) is 0. The Balaban J connectivity index is 3.99. The minimum absolute atomic E-state index is 0.0549. The first-order valence-electron chi connectivity index (χ1n) is 4.45. The van der Waals surface area contributed by atoms with Crippen LogP contribution in [0.4, 0.5) is 0 Å². The average molecular weight is 171 g/mol. The zero-order valence-corrected chi connectivity index (χ0v) is 8.09. The van der Waals surface area contributed by atoms with E-state index >= 15 is 0 Å². The van der Waals surface area contributed by atoms with Crippen molar-refractivity contribution in [1.82, 2.24) is 4.90 Å². The first-order chi connectivity index (χ1) is 5.65. The third kappa shape index (κ3) is 3.51. The van der Waals surface area contributed by atoms with Crippen LogP contribution in [0, 0.1) is 0 Å². The van der Waals surface area contributed by atoms with Gasteiger partial charge in [-0.15, -0.1) is 0 Å². The molecular formula is C9H17NO2. The predicted molar refractivity (Wildman–Crippen MR) is 47.8 cm³/mol. The van der Waals surface area contributed by atoms with Gasteiger partial charge in [-0.25, -0.2) is 0 Å². The van der Waals surface area contributed by atoms with Gasteiger partial charge in [0.05, 0.1) is 6.54 Å². The number of amides is 1. The molecule has 3 nitrogen and oxygen atoms in total. The third-order valence-electron chi connectivity index (χ3n) is 1.80. The van der Waals surface area contributed by atoms with E-state index in [0.29, 0.717) is 19.4 Å². The van der Waals surface area contributed by atoms with Gasteiger partial charge in [-0.05, 0) is 6.92 Å². The van der Waals surface area contributed by atoms with Crippen LogP contribution < -0.4 is 0 Å². The normalized spacial score (nSPS) is 9.58. The number of rotatable bonds is 5. The van der Waals surface area contributed by atoms with Gasteiger partial charge in [0.25, 0.3) is 0 Å². The lowest BCUT2D eigenvalue weighted by atomic mass is 10.2. The Morgan fingerprint density at radius 1 is 1.08 bits per heavy atom. The van der Waals surface area contributed by atoms with Crippen LogP contribution in [0.25, 0.3) is 0 Å². The van der Waals surface area contributed by atoms with E-state index in [2.05, 4.69) is 0 Å². The Bertz CT molecular complexity index is 166. The van der Waals surface area contributed by atoms with E-state index in [9.17, 15) is 9.59 Å². The van der Waals surface area contributed by atoms with Gasteiger partial charge in [-0.2, -0.15) is 0 Å². The zero-order chi connectivity index (χ0) is 9.56. The van der Waals surface area contributed by atoms with Crippen molar-refractivity contribution in [2.24, 2.45) is 0 Å². The highest BCUT2D eigenvalue weighted by atomic mass is 16.2. The maximum Gasteiger partial charge on any atom is 0.222 e. The Hall–Kier alpha value is -0.860. The molecule has 0 fully saturated rings. The summed E-state index contributed by atoms with van der Waals surface area (Å²) in [4.78, 5) is 23.8. The van der Waals surface area contributed by atoms with Crippen molar-refractivity contribution in [2.75, 3.05) is 13.1 Å². The second-order valence-corrected chi connectivity index (χ2v) is 2.65. The number of Topliss-reactive ketones (excluding diaryl/α,β-unsaturated/α-hetero) is 1. The van der Waals surface area contributed by atoms with Crippen molar-refractivity contribution < 1.29 is 9.59 Å². The Labute approximate surface area is 73.7 Å². The van der Waals surface area contributed by atoms with Crippen molar-refractivity contribution in [2.45, 2.75) is 33.6 Å². The number of carbonyl (C=O) groups excluding carboxylic acids is 2. The summed E-state index contributed by atoms with van der Waals surface area (Å²) in [6, 6.07) is 0.